The molecule has 1 N–H and O–H groups in total. The zero-order valence-electron chi connectivity index (χ0n) is 23.3. The summed E-state index contributed by atoms with van der Waals surface area (Å²) in [6.07, 6.45) is -1.00. The lowest BCUT2D eigenvalue weighted by Crippen LogP contribution is -2.53. The van der Waals surface area contributed by atoms with Gasteiger partial charge in [-0.2, -0.15) is 0 Å². The van der Waals surface area contributed by atoms with E-state index in [4.69, 9.17) is 4.74 Å². The molecule has 2 aliphatic heterocycles. The SMILES string of the molecule is COC(=O)CN1C(=O)N(CC(O)CN2CCN(c3ccccc3F)CC2)C(c2ccccc2)(c2ccccc2)C1=O.Cl. The predicted molar refractivity (Wildman–Crippen MR) is 158 cm³/mol. The number of benzene rings is 3. The topological polar surface area (TPSA) is 93.6 Å². The van der Waals surface area contributed by atoms with Crippen molar-refractivity contribution in [1.29, 1.82) is 0 Å². The largest absolute Gasteiger partial charge is 0.468 e. The summed E-state index contributed by atoms with van der Waals surface area (Å²) in [6, 6.07) is 23.8. The first kappa shape index (κ1) is 31.0. The van der Waals surface area contributed by atoms with E-state index < -0.39 is 36.1 Å². The van der Waals surface area contributed by atoms with Gasteiger partial charge in [0.1, 0.15) is 12.4 Å². The normalized spacial score (nSPS) is 17.6. The molecule has 3 aromatic carbocycles. The molecule has 1 unspecified atom stereocenters. The van der Waals surface area contributed by atoms with Gasteiger partial charge in [-0.3, -0.25) is 24.3 Å². The second kappa shape index (κ2) is 13.3. The molecule has 0 radical (unpaired) electrons. The van der Waals surface area contributed by atoms with Crippen molar-refractivity contribution in [1.82, 2.24) is 14.7 Å². The van der Waals surface area contributed by atoms with Gasteiger partial charge in [0.2, 0.25) is 0 Å². The number of piperazine rings is 1. The van der Waals surface area contributed by atoms with E-state index in [1.807, 2.05) is 17.0 Å². The minimum Gasteiger partial charge on any atom is -0.468 e. The van der Waals surface area contributed by atoms with Crippen LogP contribution in [-0.2, 0) is 19.9 Å². The first-order chi connectivity index (χ1) is 19.9. The molecular weight excluding hydrogens is 563 g/mol. The van der Waals surface area contributed by atoms with Gasteiger partial charge in [0.25, 0.3) is 5.91 Å². The number of amides is 3. The van der Waals surface area contributed by atoms with Crippen LogP contribution in [0, 0.1) is 5.82 Å². The van der Waals surface area contributed by atoms with Crippen molar-refractivity contribution >= 4 is 36.0 Å². The number of hydrogen-bond acceptors (Lipinski definition) is 7. The van der Waals surface area contributed by atoms with Gasteiger partial charge < -0.3 is 14.7 Å². The van der Waals surface area contributed by atoms with Crippen LogP contribution in [0.4, 0.5) is 14.9 Å². The Morgan fingerprint density at radius 1 is 0.881 bits per heavy atom. The third kappa shape index (κ3) is 5.83. The molecule has 222 valence electrons. The number of carbonyl (C=O) groups excluding carboxylic acids is 3. The van der Waals surface area contributed by atoms with Crippen molar-refractivity contribution in [3.8, 4) is 0 Å². The fourth-order valence-corrected chi connectivity index (χ4v) is 5.76. The number of β-amino-alcohol motifs (C(OH)–C–C–N with tert-alkyl or cyclic N) is 1. The number of rotatable bonds is 9. The van der Waals surface area contributed by atoms with E-state index in [0.29, 0.717) is 43.0 Å². The van der Waals surface area contributed by atoms with E-state index in [2.05, 4.69) is 4.90 Å². The predicted octanol–water partition coefficient (Wildman–Crippen LogP) is 3.11. The molecule has 0 bridgehead atoms. The molecule has 3 amide bonds. The van der Waals surface area contributed by atoms with Gasteiger partial charge in [0.15, 0.2) is 5.54 Å². The maximum Gasteiger partial charge on any atom is 0.328 e. The summed E-state index contributed by atoms with van der Waals surface area (Å²) in [5.41, 5.74) is 0.0540. The summed E-state index contributed by atoms with van der Waals surface area (Å²) in [6.45, 7) is 1.91. The van der Waals surface area contributed by atoms with Crippen LogP contribution in [0.25, 0.3) is 0 Å². The van der Waals surface area contributed by atoms with Crippen molar-refractivity contribution in [2.75, 3.05) is 57.8 Å². The summed E-state index contributed by atoms with van der Waals surface area (Å²) in [5, 5.41) is 11.3. The molecule has 0 saturated carbocycles. The van der Waals surface area contributed by atoms with E-state index in [1.165, 1.54) is 18.1 Å². The highest BCUT2D eigenvalue weighted by Gasteiger charge is 2.60. The van der Waals surface area contributed by atoms with Gasteiger partial charge in [-0.15, -0.1) is 12.4 Å². The van der Waals surface area contributed by atoms with Gasteiger partial charge in [-0.1, -0.05) is 72.8 Å². The fraction of sp³-hybridized carbons (Fsp3) is 0.323. The number of para-hydroxylation sites is 1. The van der Waals surface area contributed by atoms with Crippen LogP contribution in [-0.4, -0.2) is 96.7 Å². The summed E-state index contributed by atoms with van der Waals surface area (Å²) in [4.78, 5) is 46.5. The highest BCUT2D eigenvalue weighted by atomic mass is 35.5. The first-order valence-electron chi connectivity index (χ1n) is 13.6. The Labute approximate surface area is 250 Å². The highest BCUT2D eigenvalue weighted by Crippen LogP contribution is 2.43. The number of urea groups is 1. The third-order valence-corrected chi connectivity index (χ3v) is 7.75. The molecule has 0 spiro atoms. The molecule has 1 atom stereocenters. The monoisotopic (exact) mass is 596 g/mol. The lowest BCUT2D eigenvalue weighted by atomic mass is 9.81. The zero-order valence-corrected chi connectivity index (χ0v) is 24.1. The van der Waals surface area contributed by atoms with Gasteiger partial charge in [-0.25, -0.2) is 9.18 Å². The smallest absolute Gasteiger partial charge is 0.328 e. The lowest BCUT2D eigenvalue weighted by molar-refractivity contribution is -0.145. The van der Waals surface area contributed by atoms with Crippen molar-refractivity contribution in [2.24, 2.45) is 0 Å². The maximum atomic E-state index is 14.3. The number of carbonyl (C=O) groups is 3. The Bertz CT molecular complexity index is 1350. The molecule has 2 fully saturated rings. The van der Waals surface area contributed by atoms with Crippen molar-refractivity contribution in [3.63, 3.8) is 0 Å². The van der Waals surface area contributed by atoms with Crippen molar-refractivity contribution in [3.05, 3.63) is 102 Å². The summed E-state index contributed by atoms with van der Waals surface area (Å²) >= 11 is 0. The highest BCUT2D eigenvalue weighted by molar-refractivity contribution is 6.11. The Morgan fingerprint density at radius 3 is 1.98 bits per heavy atom. The molecule has 0 aliphatic carbocycles. The summed E-state index contributed by atoms with van der Waals surface area (Å²) < 4.78 is 19.0. The van der Waals surface area contributed by atoms with Gasteiger partial charge >= 0.3 is 12.0 Å². The van der Waals surface area contributed by atoms with Crippen molar-refractivity contribution < 1.29 is 28.6 Å². The van der Waals surface area contributed by atoms with E-state index in [1.54, 1.807) is 66.7 Å². The van der Waals surface area contributed by atoms with Crippen molar-refractivity contribution in [2.45, 2.75) is 11.6 Å². The molecule has 9 nitrogen and oxygen atoms in total. The summed E-state index contributed by atoms with van der Waals surface area (Å²) in [5.74, 6) is -1.58. The van der Waals surface area contributed by atoms with Crippen LogP contribution in [0.1, 0.15) is 11.1 Å². The molecule has 42 heavy (non-hydrogen) atoms. The fourth-order valence-electron chi connectivity index (χ4n) is 5.76. The number of esters is 1. The first-order valence-corrected chi connectivity index (χ1v) is 13.6. The van der Waals surface area contributed by atoms with Crippen LogP contribution in [0.15, 0.2) is 84.9 Å². The number of imide groups is 1. The van der Waals surface area contributed by atoms with E-state index in [-0.39, 0.29) is 31.3 Å². The minimum atomic E-state index is -1.59. The van der Waals surface area contributed by atoms with Gasteiger partial charge in [0.05, 0.1) is 25.4 Å². The Kier molecular flexibility index (Phi) is 9.82. The Hall–Kier alpha value is -3.99. The van der Waals surface area contributed by atoms with E-state index in [0.717, 1.165) is 4.90 Å². The molecule has 0 aromatic heterocycles. The standard InChI is InChI=1S/C31H33FN4O5.ClH/c1-41-28(38)22-35-29(39)31(23-10-4-2-5-11-23,24-12-6-3-7-13-24)36(30(35)40)21-25(37)20-33-16-18-34(19-17-33)27-15-9-8-14-26(27)32;/h2-15,25,37H,16-22H2,1H3;1H. The molecule has 5 rings (SSSR count). The number of nitrogens with zero attached hydrogens (tertiary/aromatic N) is 4. The number of methoxy groups -OCH3 is 1. The Morgan fingerprint density at radius 2 is 1.43 bits per heavy atom. The molecular formula is C31H34ClFN4O5. The average molecular weight is 597 g/mol. The minimum absolute atomic E-state index is 0. The molecule has 2 heterocycles. The molecule has 2 aliphatic rings. The number of halogens is 2. The van der Waals surface area contributed by atoms with E-state index >= 15 is 0 Å². The Balaban J connectivity index is 0.00000405. The van der Waals surface area contributed by atoms with Crippen LogP contribution in [0.5, 0.6) is 0 Å². The molecule has 3 aromatic rings. The molecule has 11 heteroatoms. The second-order valence-corrected chi connectivity index (χ2v) is 10.2. The van der Waals surface area contributed by atoms with Crippen LogP contribution in [0.2, 0.25) is 0 Å². The maximum absolute atomic E-state index is 14.3. The number of ether oxygens (including phenoxy) is 1. The average Bonchev–Trinajstić information content (AvgIpc) is 3.20. The molecule has 2 saturated heterocycles. The van der Waals surface area contributed by atoms with Crippen LogP contribution in [0.3, 0.4) is 0 Å². The lowest BCUT2D eigenvalue weighted by Gasteiger charge is -2.39. The number of hydrogen-bond donors (Lipinski definition) is 1. The second-order valence-electron chi connectivity index (χ2n) is 10.2. The number of aliphatic hydroxyl groups is 1. The number of anilines is 1. The summed E-state index contributed by atoms with van der Waals surface area (Å²) in [7, 11) is 1.20. The third-order valence-electron chi connectivity index (χ3n) is 7.75. The van der Waals surface area contributed by atoms with Gasteiger partial charge in [0, 0.05) is 32.7 Å². The zero-order chi connectivity index (χ0) is 29.0. The van der Waals surface area contributed by atoms with Crippen LogP contribution < -0.4 is 4.90 Å². The number of aliphatic hydroxyl groups excluding tert-OH is 1. The van der Waals surface area contributed by atoms with E-state index in [9.17, 15) is 23.9 Å². The quantitative estimate of drug-likeness (QED) is 0.300. The van der Waals surface area contributed by atoms with Crippen LogP contribution >= 0.6 is 12.4 Å². The van der Waals surface area contributed by atoms with Gasteiger partial charge in [-0.05, 0) is 23.3 Å².